The fourth-order valence-corrected chi connectivity index (χ4v) is 5.87. The summed E-state index contributed by atoms with van der Waals surface area (Å²) < 4.78 is 1.32. The molecule has 2 aliphatic carbocycles. The summed E-state index contributed by atoms with van der Waals surface area (Å²) in [6.07, 6.45) is 7.39. The largest absolute Gasteiger partial charge is 0.0882 e. The third kappa shape index (κ3) is 2.32. The van der Waals surface area contributed by atoms with Gasteiger partial charge in [-0.2, -0.15) is 0 Å². The van der Waals surface area contributed by atoms with Crippen molar-refractivity contribution in [1.82, 2.24) is 0 Å². The maximum Gasteiger partial charge on any atom is 0.0209 e. The van der Waals surface area contributed by atoms with E-state index < -0.39 is 0 Å². The second kappa shape index (κ2) is 5.95. The summed E-state index contributed by atoms with van der Waals surface area (Å²) in [7, 11) is 0. The van der Waals surface area contributed by atoms with E-state index in [1.54, 1.807) is 11.1 Å². The van der Waals surface area contributed by atoms with Crippen molar-refractivity contribution in [3.05, 3.63) is 81.4 Å². The van der Waals surface area contributed by atoms with Crippen LogP contribution in [0.5, 0.6) is 0 Å². The van der Waals surface area contributed by atoms with Gasteiger partial charge in [-0.15, -0.1) is 0 Å². The Morgan fingerprint density at radius 3 is 2.62 bits per heavy atom. The Morgan fingerprint density at radius 1 is 0.962 bits per heavy atom. The van der Waals surface area contributed by atoms with Gasteiger partial charge in [0.25, 0.3) is 0 Å². The number of hydrogen-bond acceptors (Lipinski definition) is 0. The summed E-state index contributed by atoms with van der Waals surface area (Å²) in [4.78, 5) is 0. The second-order valence-electron chi connectivity index (χ2n) is 8.30. The maximum atomic E-state index is 2.48. The smallest absolute Gasteiger partial charge is 0.0209 e. The van der Waals surface area contributed by atoms with Gasteiger partial charge in [0.15, 0.2) is 0 Å². The van der Waals surface area contributed by atoms with Crippen molar-refractivity contribution < 1.29 is 0 Å². The lowest BCUT2D eigenvalue weighted by Crippen LogP contribution is -2.25. The summed E-state index contributed by atoms with van der Waals surface area (Å²) in [5.41, 5.74) is 6.06. The van der Waals surface area contributed by atoms with Gasteiger partial charge in [0.05, 0.1) is 0 Å². The molecular formula is C25H23I. The lowest BCUT2D eigenvalue weighted by atomic mass is 9.73. The first kappa shape index (κ1) is 16.6. The van der Waals surface area contributed by atoms with Crippen LogP contribution in [0.1, 0.15) is 43.7 Å². The molecule has 1 heteroatoms. The van der Waals surface area contributed by atoms with Gasteiger partial charge in [-0.1, -0.05) is 74.5 Å². The molecule has 0 heterocycles. The fraction of sp³-hybridized carbons (Fsp3) is 0.280. The molecule has 3 aromatic carbocycles. The average molecular weight is 450 g/mol. The molecule has 0 nitrogen and oxygen atoms in total. The predicted molar refractivity (Wildman–Crippen MR) is 120 cm³/mol. The Bertz CT molecular complexity index is 1040. The van der Waals surface area contributed by atoms with Gasteiger partial charge in [-0.25, -0.2) is 0 Å². The van der Waals surface area contributed by atoms with Crippen LogP contribution in [-0.2, 0) is 5.41 Å². The van der Waals surface area contributed by atoms with Gasteiger partial charge in [-0.05, 0) is 91.8 Å². The number of fused-ring (bicyclic) bond motifs is 4. The van der Waals surface area contributed by atoms with E-state index in [9.17, 15) is 0 Å². The third-order valence-corrected chi connectivity index (χ3v) is 7.52. The standard InChI is InChI=1S/C25H23I/c1-25(2)22-10-6-5-8-19(22)20-12-11-16(15-23(20)25)17-13-14-24(26)21-9-4-3-7-18(17)21/h3-4,6-7,9-15,19,22H,5,8H2,1-2H3/t19-,22?/m0/s1. The van der Waals surface area contributed by atoms with Gasteiger partial charge in [0.1, 0.15) is 0 Å². The number of hydrogen-bond donors (Lipinski definition) is 0. The van der Waals surface area contributed by atoms with E-state index in [0.29, 0.717) is 11.8 Å². The Hall–Kier alpha value is -1.61. The topological polar surface area (TPSA) is 0 Å². The highest BCUT2D eigenvalue weighted by molar-refractivity contribution is 14.1. The zero-order valence-electron chi connectivity index (χ0n) is 15.3. The molecule has 0 radical (unpaired) electrons. The molecule has 5 rings (SSSR count). The van der Waals surface area contributed by atoms with E-state index in [2.05, 4.69) is 103 Å². The second-order valence-corrected chi connectivity index (χ2v) is 9.46. The van der Waals surface area contributed by atoms with Crippen LogP contribution in [0.25, 0.3) is 21.9 Å². The Balaban J connectivity index is 1.71. The van der Waals surface area contributed by atoms with Crippen LogP contribution in [0.4, 0.5) is 0 Å². The van der Waals surface area contributed by atoms with Gasteiger partial charge in [0, 0.05) is 3.57 Å². The average Bonchev–Trinajstić information content (AvgIpc) is 2.90. The molecule has 0 aromatic heterocycles. The lowest BCUT2D eigenvalue weighted by molar-refractivity contribution is 0.347. The molecular weight excluding hydrogens is 427 g/mol. The molecule has 3 aromatic rings. The first-order chi connectivity index (χ1) is 12.6. The lowest BCUT2D eigenvalue weighted by Gasteiger charge is -2.31. The number of benzene rings is 3. The van der Waals surface area contributed by atoms with Crippen molar-refractivity contribution in [2.45, 2.75) is 38.0 Å². The van der Waals surface area contributed by atoms with Crippen LogP contribution in [0, 0.1) is 9.49 Å². The molecule has 0 amide bonds. The minimum absolute atomic E-state index is 0.214. The van der Waals surface area contributed by atoms with Crippen LogP contribution >= 0.6 is 22.6 Å². The molecule has 0 N–H and O–H groups in total. The van der Waals surface area contributed by atoms with Crippen molar-refractivity contribution in [3.63, 3.8) is 0 Å². The first-order valence-corrected chi connectivity index (χ1v) is 10.6. The van der Waals surface area contributed by atoms with Crippen LogP contribution in [0.2, 0.25) is 0 Å². The summed E-state index contributed by atoms with van der Waals surface area (Å²) in [5.74, 6) is 1.35. The molecule has 0 bridgehead atoms. The zero-order valence-corrected chi connectivity index (χ0v) is 17.5. The molecule has 0 aliphatic heterocycles. The summed E-state index contributed by atoms with van der Waals surface area (Å²) >= 11 is 2.44. The highest BCUT2D eigenvalue weighted by atomic mass is 127. The van der Waals surface area contributed by atoms with Gasteiger partial charge in [0.2, 0.25) is 0 Å². The number of allylic oxidation sites excluding steroid dienone is 2. The van der Waals surface area contributed by atoms with E-state index in [-0.39, 0.29) is 5.41 Å². The van der Waals surface area contributed by atoms with Gasteiger partial charge in [-0.3, -0.25) is 0 Å². The molecule has 2 atom stereocenters. The molecule has 2 aliphatic rings. The summed E-state index contributed by atoms with van der Waals surface area (Å²) in [5, 5.41) is 2.70. The van der Waals surface area contributed by atoms with Crippen LogP contribution in [-0.4, -0.2) is 0 Å². The van der Waals surface area contributed by atoms with Gasteiger partial charge >= 0.3 is 0 Å². The predicted octanol–water partition coefficient (Wildman–Crippen LogP) is 7.45. The summed E-state index contributed by atoms with van der Waals surface area (Å²) in [6, 6.07) is 20.6. The SMILES string of the molecule is CC1(C)c2cc(-c3ccc(I)c4ccccc34)ccc2[C@@H]2CCC=CC21. The molecule has 1 unspecified atom stereocenters. The highest BCUT2D eigenvalue weighted by Crippen LogP contribution is 2.55. The molecule has 26 heavy (non-hydrogen) atoms. The zero-order chi connectivity index (χ0) is 17.9. The minimum atomic E-state index is 0.214. The molecule has 0 saturated heterocycles. The fourth-order valence-electron chi connectivity index (χ4n) is 5.22. The van der Waals surface area contributed by atoms with Crippen LogP contribution in [0.15, 0.2) is 66.7 Å². The van der Waals surface area contributed by atoms with Gasteiger partial charge < -0.3 is 0 Å². The Morgan fingerprint density at radius 2 is 1.77 bits per heavy atom. The maximum absolute atomic E-state index is 2.48. The summed E-state index contributed by atoms with van der Waals surface area (Å²) in [6.45, 7) is 4.87. The number of halogens is 1. The van der Waals surface area contributed by atoms with Crippen LogP contribution < -0.4 is 0 Å². The van der Waals surface area contributed by atoms with E-state index >= 15 is 0 Å². The van der Waals surface area contributed by atoms with Crippen molar-refractivity contribution >= 4 is 33.4 Å². The van der Waals surface area contributed by atoms with Crippen molar-refractivity contribution in [3.8, 4) is 11.1 Å². The molecule has 0 saturated carbocycles. The van der Waals surface area contributed by atoms with E-state index in [0.717, 1.165) is 0 Å². The quantitative estimate of drug-likeness (QED) is 0.267. The molecule has 130 valence electrons. The Labute approximate surface area is 169 Å². The normalized spacial score (nSPS) is 23.0. The first-order valence-electron chi connectivity index (χ1n) is 9.56. The van der Waals surface area contributed by atoms with E-state index in [4.69, 9.17) is 0 Å². The number of rotatable bonds is 1. The Kier molecular flexibility index (Phi) is 3.79. The molecule has 0 fully saturated rings. The monoisotopic (exact) mass is 450 g/mol. The van der Waals surface area contributed by atoms with Crippen molar-refractivity contribution in [2.24, 2.45) is 5.92 Å². The minimum Gasteiger partial charge on any atom is -0.0882 e. The highest BCUT2D eigenvalue weighted by Gasteiger charge is 2.45. The van der Waals surface area contributed by atoms with Crippen molar-refractivity contribution in [1.29, 1.82) is 0 Å². The molecule has 0 spiro atoms. The van der Waals surface area contributed by atoms with E-state index in [1.165, 1.54) is 38.3 Å². The third-order valence-electron chi connectivity index (χ3n) is 6.58. The van der Waals surface area contributed by atoms with Crippen LogP contribution in [0.3, 0.4) is 0 Å². The van der Waals surface area contributed by atoms with Crippen molar-refractivity contribution in [2.75, 3.05) is 0 Å². The van der Waals surface area contributed by atoms with E-state index in [1.807, 2.05) is 0 Å².